The second-order valence-corrected chi connectivity index (χ2v) is 6.48. The molecule has 1 aromatic heterocycles. The summed E-state index contributed by atoms with van der Waals surface area (Å²) in [4.78, 5) is 13.2. The number of hydrogen-bond donors (Lipinski definition) is 1. The van der Waals surface area contributed by atoms with Crippen LogP contribution in [0.2, 0.25) is 0 Å². The molecule has 1 aliphatic rings. The molecule has 20 heavy (non-hydrogen) atoms. The molecule has 0 radical (unpaired) electrons. The fourth-order valence-electron chi connectivity index (χ4n) is 3.11. The molecule has 0 amide bonds. The number of anilines is 2. The van der Waals surface area contributed by atoms with E-state index in [0.29, 0.717) is 11.7 Å². The van der Waals surface area contributed by atoms with Crippen molar-refractivity contribution in [1.82, 2.24) is 14.9 Å². The number of likely N-dealkylation sites (N-methyl/N-ethyl adjacent to an activating group) is 2. The third kappa shape index (κ3) is 2.59. The molecule has 1 fully saturated rings. The molecule has 0 atom stereocenters. The molecule has 0 spiro atoms. The minimum absolute atomic E-state index is 0.280. The zero-order valence-electron chi connectivity index (χ0n) is 13.3. The molecule has 0 saturated heterocycles. The van der Waals surface area contributed by atoms with Gasteiger partial charge in [-0.05, 0) is 39.3 Å². The van der Waals surface area contributed by atoms with Gasteiger partial charge >= 0.3 is 0 Å². The zero-order chi connectivity index (χ0) is 14.9. The molecule has 1 aliphatic carbocycles. The maximum absolute atomic E-state index is 6.04. The van der Waals surface area contributed by atoms with Crippen LogP contribution in [0.25, 0.3) is 0 Å². The lowest BCUT2D eigenvalue weighted by molar-refractivity contribution is 0.0681. The van der Waals surface area contributed by atoms with Crippen LogP contribution >= 0.6 is 0 Å². The van der Waals surface area contributed by atoms with Crippen LogP contribution in [0.4, 0.5) is 11.6 Å². The van der Waals surface area contributed by atoms with Crippen molar-refractivity contribution >= 4 is 11.6 Å². The Bertz CT molecular complexity index is 465. The predicted molar refractivity (Wildman–Crippen MR) is 84.1 cm³/mol. The highest BCUT2D eigenvalue weighted by Gasteiger charge is 2.40. The van der Waals surface area contributed by atoms with Crippen LogP contribution in [0.5, 0.6) is 0 Å². The Kier molecular flexibility index (Phi) is 4.18. The van der Waals surface area contributed by atoms with Gasteiger partial charge in [0, 0.05) is 24.7 Å². The van der Waals surface area contributed by atoms with Gasteiger partial charge in [-0.15, -0.1) is 0 Å². The highest BCUT2D eigenvalue weighted by molar-refractivity contribution is 5.58. The number of aromatic nitrogens is 2. The summed E-state index contributed by atoms with van der Waals surface area (Å²) in [5.41, 5.74) is 7.38. The lowest BCUT2D eigenvalue weighted by atomic mass is 9.75. The second kappa shape index (κ2) is 5.56. The van der Waals surface area contributed by atoms with E-state index in [1.807, 2.05) is 0 Å². The molecule has 0 unspecified atom stereocenters. The Hall–Kier alpha value is -1.36. The largest absolute Gasteiger partial charge is 0.383 e. The third-order valence-electron chi connectivity index (χ3n) is 4.60. The molecule has 5 nitrogen and oxygen atoms in total. The summed E-state index contributed by atoms with van der Waals surface area (Å²) in [7, 11) is 6.45. The van der Waals surface area contributed by atoms with Gasteiger partial charge in [-0.3, -0.25) is 0 Å². The first kappa shape index (κ1) is 15.0. The average Bonchev–Trinajstić information content (AvgIpc) is 2.32. The van der Waals surface area contributed by atoms with Crippen LogP contribution in [0.15, 0.2) is 6.33 Å². The van der Waals surface area contributed by atoms with Crippen molar-refractivity contribution in [2.45, 2.75) is 44.6 Å². The Morgan fingerprint density at radius 1 is 1.25 bits per heavy atom. The summed E-state index contributed by atoms with van der Waals surface area (Å²) in [5, 5.41) is 0. The van der Waals surface area contributed by atoms with Crippen LogP contribution in [0, 0.1) is 0 Å². The number of nitrogen functional groups attached to an aromatic ring is 1. The summed E-state index contributed by atoms with van der Waals surface area (Å²) >= 11 is 0. The summed E-state index contributed by atoms with van der Waals surface area (Å²) in [5.74, 6) is 1.90. The molecular weight excluding hydrogens is 250 g/mol. The van der Waals surface area contributed by atoms with Gasteiger partial charge < -0.3 is 15.5 Å². The lowest BCUT2D eigenvalue weighted by Crippen LogP contribution is -2.57. The second-order valence-electron chi connectivity index (χ2n) is 6.48. The Morgan fingerprint density at radius 2 is 1.90 bits per heavy atom. The van der Waals surface area contributed by atoms with Crippen molar-refractivity contribution in [3.05, 3.63) is 11.9 Å². The molecule has 0 aromatic carbocycles. The summed E-state index contributed by atoms with van der Waals surface area (Å²) in [6.07, 6.45) is 5.38. The molecule has 0 bridgehead atoms. The van der Waals surface area contributed by atoms with Crippen molar-refractivity contribution in [3.8, 4) is 0 Å². The minimum Gasteiger partial charge on any atom is -0.383 e. The molecule has 1 heterocycles. The standard InChI is InChI=1S/C15H27N5/c1-11(2)12-13(16)17-10-18-14(12)20(5)9-15(19(3)4)7-6-8-15/h10-11H,6-9H2,1-5H3,(H2,16,17,18). The van der Waals surface area contributed by atoms with E-state index in [1.54, 1.807) is 6.33 Å². The van der Waals surface area contributed by atoms with E-state index in [9.17, 15) is 0 Å². The molecule has 2 rings (SSSR count). The highest BCUT2D eigenvalue weighted by Crippen LogP contribution is 2.38. The molecule has 0 aliphatic heterocycles. The van der Waals surface area contributed by atoms with E-state index in [4.69, 9.17) is 5.73 Å². The fraction of sp³-hybridized carbons (Fsp3) is 0.733. The first-order valence-electron chi connectivity index (χ1n) is 7.36. The van der Waals surface area contributed by atoms with Gasteiger partial charge in [0.2, 0.25) is 0 Å². The molecule has 1 aromatic rings. The topological polar surface area (TPSA) is 58.3 Å². The molecule has 112 valence electrons. The normalized spacial score (nSPS) is 17.4. The molecule has 2 N–H and O–H groups in total. The number of hydrogen-bond acceptors (Lipinski definition) is 5. The smallest absolute Gasteiger partial charge is 0.137 e. The van der Waals surface area contributed by atoms with Crippen LogP contribution in [0.3, 0.4) is 0 Å². The Balaban J connectivity index is 2.25. The Morgan fingerprint density at radius 3 is 2.35 bits per heavy atom. The van der Waals surface area contributed by atoms with Gasteiger partial charge in [0.1, 0.15) is 18.0 Å². The van der Waals surface area contributed by atoms with Gasteiger partial charge in [-0.1, -0.05) is 13.8 Å². The van der Waals surface area contributed by atoms with Crippen molar-refractivity contribution < 1.29 is 0 Å². The van der Waals surface area contributed by atoms with Gasteiger partial charge in [0.05, 0.1) is 0 Å². The van der Waals surface area contributed by atoms with E-state index in [1.165, 1.54) is 19.3 Å². The molecule has 1 saturated carbocycles. The van der Waals surface area contributed by atoms with Gasteiger partial charge in [0.25, 0.3) is 0 Å². The minimum atomic E-state index is 0.280. The summed E-state index contributed by atoms with van der Waals surface area (Å²) in [6, 6.07) is 0. The average molecular weight is 277 g/mol. The first-order valence-corrected chi connectivity index (χ1v) is 7.36. The number of nitrogens with two attached hydrogens (primary N) is 1. The van der Waals surface area contributed by atoms with E-state index in [0.717, 1.165) is 17.9 Å². The van der Waals surface area contributed by atoms with Crippen LogP contribution in [-0.2, 0) is 0 Å². The number of nitrogens with zero attached hydrogens (tertiary/aromatic N) is 4. The van der Waals surface area contributed by atoms with Crippen molar-refractivity contribution in [3.63, 3.8) is 0 Å². The van der Waals surface area contributed by atoms with Crippen molar-refractivity contribution in [1.29, 1.82) is 0 Å². The van der Waals surface area contributed by atoms with Crippen LogP contribution in [0.1, 0.15) is 44.6 Å². The van der Waals surface area contributed by atoms with Gasteiger partial charge in [0.15, 0.2) is 0 Å². The monoisotopic (exact) mass is 277 g/mol. The maximum atomic E-state index is 6.04. The summed E-state index contributed by atoms with van der Waals surface area (Å²) < 4.78 is 0. The van der Waals surface area contributed by atoms with E-state index in [2.05, 4.69) is 54.8 Å². The highest BCUT2D eigenvalue weighted by atomic mass is 15.3. The van der Waals surface area contributed by atoms with E-state index >= 15 is 0 Å². The lowest BCUT2D eigenvalue weighted by Gasteiger charge is -2.49. The zero-order valence-corrected chi connectivity index (χ0v) is 13.3. The maximum Gasteiger partial charge on any atom is 0.137 e. The fourth-order valence-corrected chi connectivity index (χ4v) is 3.11. The van der Waals surface area contributed by atoms with Gasteiger partial charge in [-0.2, -0.15) is 0 Å². The van der Waals surface area contributed by atoms with Crippen LogP contribution < -0.4 is 10.6 Å². The van der Waals surface area contributed by atoms with Gasteiger partial charge in [-0.25, -0.2) is 9.97 Å². The number of rotatable bonds is 5. The molecule has 5 heteroatoms. The van der Waals surface area contributed by atoms with E-state index in [-0.39, 0.29) is 5.54 Å². The van der Waals surface area contributed by atoms with Crippen molar-refractivity contribution in [2.24, 2.45) is 0 Å². The van der Waals surface area contributed by atoms with E-state index < -0.39 is 0 Å². The van der Waals surface area contributed by atoms with Crippen molar-refractivity contribution in [2.75, 3.05) is 38.3 Å². The quantitative estimate of drug-likeness (QED) is 0.893. The third-order valence-corrected chi connectivity index (χ3v) is 4.60. The predicted octanol–water partition coefficient (Wildman–Crippen LogP) is 2.10. The first-order chi connectivity index (χ1) is 9.37. The SMILES string of the molecule is CC(C)c1c(N)ncnc1N(C)CC1(N(C)C)CCC1. The van der Waals surface area contributed by atoms with Crippen LogP contribution in [-0.4, -0.2) is 48.1 Å². The molecular formula is C15H27N5. The Labute approximate surface area is 122 Å². The summed E-state index contributed by atoms with van der Waals surface area (Å²) in [6.45, 7) is 5.26.